The summed E-state index contributed by atoms with van der Waals surface area (Å²) >= 11 is 0. The van der Waals surface area contributed by atoms with E-state index in [9.17, 15) is 0 Å². The van der Waals surface area contributed by atoms with Gasteiger partial charge in [-0.3, -0.25) is 0 Å². The molecule has 0 aromatic carbocycles. The van der Waals surface area contributed by atoms with Crippen molar-refractivity contribution in [3.63, 3.8) is 0 Å². The van der Waals surface area contributed by atoms with Gasteiger partial charge in [0.2, 0.25) is 0 Å². The Bertz CT molecular complexity index is 142. The largest absolute Gasteiger partial charge is 0.324 e. The quantitative estimate of drug-likeness (QED) is 0.451. The maximum absolute atomic E-state index is 2.35. The molecule has 86 valence electrons. The molecule has 0 spiro atoms. The van der Waals surface area contributed by atoms with E-state index in [2.05, 4.69) is 41.8 Å². The molecule has 0 unspecified atom stereocenters. The number of hydrogen-bond acceptors (Lipinski definition) is 0. The first-order valence-corrected chi connectivity index (χ1v) is 6.14. The van der Waals surface area contributed by atoms with Gasteiger partial charge in [-0.25, -0.2) is 0 Å². The average Bonchev–Trinajstić information content (AvgIpc) is 2.02. The number of nitrogens with zero attached hydrogens (tertiary/aromatic N) is 1. The van der Waals surface area contributed by atoms with Gasteiger partial charge in [-0.1, -0.05) is 26.2 Å². The van der Waals surface area contributed by atoms with Crippen molar-refractivity contribution in [1.82, 2.24) is 0 Å². The van der Waals surface area contributed by atoms with Gasteiger partial charge in [0.05, 0.1) is 26.2 Å². The molecule has 0 fully saturated rings. The first-order chi connectivity index (χ1) is 6.31. The second-order valence-corrected chi connectivity index (χ2v) is 5.99. The van der Waals surface area contributed by atoms with E-state index in [0.29, 0.717) is 5.54 Å². The molecular weight excluding hydrogens is 170 g/mol. The molecule has 0 N–H and O–H groups in total. The number of unbranched alkanes of at least 4 members (excludes halogenated alkanes) is 4. The molecule has 1 heteroatoms. The molecule has 0 saturated carbocycles. The minimum absolute atomic E-state index is 0.380. The molecule has 0 saturated heterocycles. The van der Waals surface area contributed by atoms with Crippen LogP contribution in [0.15, 0.2) is 0 Å². The van der Waals surface area contributed by atoms with Crippen molar-refractivity contribution in [3.05, 3.63) is 0 Å². The second-order valence-electron chi connectivity index (χ2n) is 5.99. The van der Waals surface area contributed by atoms with Gasteiger partial charge in [-0.2, -0.15) is 0 Å². The van der Waals surface area contributed by atoms with E-state index < -0.39 is 0 Å². The first-order valence-electron chi connectivity index (χ1n) is 6.14. The van der Waals surface area contributed by atoms with E-state index >= 15 is 0 Å². The van der Waals surface area contributed by atoms with E-state index in [1.165, 1.54) is 38.6 Å². The molecule has 0 amide bonds. The summed E-state index contributed by atoms with van der Waals surface area (Å²) in [4.78, 5) is 0. The van der Waals surface area contributed by atoms with Gasteiger partial charge in [0, 0.05) is 0 Å². The summed E-state index contributed by atoms with van der Waals surface area (Å²) < 4.78 is 1.14. The Balaban J connectivity index is 3.67. The zero-order chi connectivity index (χ0) is 11.2. The number of rotatable bonds is 6. The maximum Gasteiger partial charge on any atom is 0.0903 e. The summed E-state index contributed by atoms with van der Waals surface area (Å²) in [5, 5.41) is 0. The lowest BCUT2D eigenvalue weighted by Crippen LogP contribution is -2.54. The molecule has 0 aromatic heterocycles. The zero-order valence-corrected chi connectivity index (χ0v) is 11.2. The SMILES string of the molecule is CCCCCCC[N+](C)(C)C(C)(C)C. The van der Waals surface area contributed by atoms with Gasteiger partial charge in [0.15, 0.2) is 0 Å². The minimum atomic E-state index is 0.380. The molecule has 0 radical (unpaired) electrons. The summed E-state index contributed by atoms with van der Waals surface area (Å²) in [6.07, 6.45) is 6.96. The van der Waals surface area contributed by atoms with Gasteiger partial charge in [-0.15, -0.1) is 0 Å². The normalized spacial score (nSPS) is 13.3. The van der Waals surface area contributed by atoms with Crippen molar-refractivity contribution in [1.29, 1.82) is 0 Å². The van der Waals surface area contributed by atoms with Crippen LogP contribution in [0.3, 0.4) is 0 Å². The van der Waals surface area contributed by atoms with Crippen LogP contribution in [0, 0.1) is 0 Å². The van der Waals surface area contributed by atoms with E-state index in [1.54, 1.807) is 0 Å². The molecule has 14 heavy (non-hydrogen) atoms. The third-order valence-corrected chi connectivity index (χ3v) is 3.64. The van der Waals surface area contributed by atoms with Crippen LogP contribution in [0.25, 0.3) is 0 Å². The van der Waals surface area contributed by atoms with Gasteiger partial charge >= 0.3 is 0 Å². The van der Waals surface area contributed by atoms with Gasteiger partial charge in [-0.05, 0) is 33.6 Å². The highest BCUT2D eigenvalue weighted by Gasteiger charge is 2.30. The molecule has 0 heterocycles. The Morgan fingerprint density at radius 3 is 1.79 bits per heavy atom. The zero-order valence-electron chi connectivity index (χ0n) is 11.2. The highest BCUT2D eigenvalue weighted by molar-refractivity contribution is 4.60. The Morgan fingerprint density at radius 2 is 1.36 bits per heavy atom. The predicted octanol–water partition coefficient (Wildman–Crippen LogP) is 3.83. The Hall–Kier alpha value is -0.0400. The molecule has 0 aliphatic carbocycles. The van der Waals surface area contributed by atoms with Crippen LogP contribution in [0.2, 0.25) is 0 Å². The number of hydrogen-bond donors (Lipinski definition) is 0. The molecule has 0 aliphatic rings. The topological polar surface area (TPSA) is 0 Å². The lowest BCUT2D eigenvalue weighted by atomic mass is 10.0. The highest BCUT2D eigenvalue weighted by Crippen LogP contribution is 2.20. The molecule has 0 aliphatic heterocycles. The van der Waals surface area contributed by atoms with E-state index in [-0.39, 0.29) is 0 Å². The fourth-order valence-electron chi connectivity index (χ4n) is 1.45. The van der Waals surface area contributed by atoms with E-state index in [4.69, 9.17) is 0 Å². The van der Waals surface area contributed by atoms with Crippen molar-refractivity contribution in [2.45, 2.75) is 65.3 Å². The van der Waals surface area contributed by atoms with Crippen LogP contribution in [-0.4, -0.2) is 30.7 Å². The Morgan fingerprint density at radius 1 is 0.857 bits per heavy atom. The van der Waals surface area contributed by atoms with Crippen molar-refractivity contribution in [3.8, 4) is 0 Å². The lowest BCUT2D eigenvalue weighted by Gasteiger charge is -2.42. The first kappa shape index (κ1) is 14.0. The lowest BCUT2D eigenvalue weighted by molar-refractivity contribution is -0.935. The third-order valence-electron chi connectivity index (χ3n) is 3.64. The molecule has 0 bridgehead atoms. The van der Waals surface area contributed by atoms with Gasteiger partial charge in [0.1, 0.15) is 0 Å². The van der Waals surface area contributed by atoms with E-state index in [1.807, 2.05) is 0 Å². The fourth-order valence-corrected chi connectivity index (χ4v) is 1.45. The highest BCUT2D eigenvalue weighted by atomic mass is 15.4. The van der Waals surface area contributed by atoms with E-state index in [0.717, 1.165) is 4.48 Å². The van der Waals surface area contributed by atoms with Crippen LogP contribution < -0.4 is 0 Å². The maximum atomic E-state index is 2.35. The van der Waals surface area contributed by atoms with Crippen molar-refractivity contribution in [2.75, 3.05) is 20.6 Å². The molecular formula is C13H30N+. The van der Waals surface area contributed by atoms with Crippen LogP contribution in [0.5, 0.6) is 0 Å². The van der Waals surface area contributed by atoms with Gasteiger partial charge in [0.25, 0.3) is 0 Å². The molecule has 0 rings (SSSR count). The standard InChI is InChI=1S/C13H30N/c1-7-8-9-10-11-12-14(5,6)13(2,3)4/h7-12H2,1-6H3/q+1. The minimum Gasteiger partial charge on any atom is -0.324 e. The third kappa shape index (κ3) is 4.99. The van der Waals surface area contributed by atoms with Crippen molar-refractivity contribution < 1.29 is 4.48 Å². The van der Waals surface area contributed by atoms with Crippen molar-refractivity contribution >= 4 is 0 Å². The summed E-state index contributed by atoms with van der Waals surface area (Å²) in [7, 11) is 4.69. The molecule has 1 nitrogen and oxygen atoms in total. The molecule has 0 atom stereocenters. The summed E-state index contributed by atoms with van der Waals surface area (Å²) in [5.41, 5.74) is 0.380. The predicted molar refractivity (Wildman–Crippen MR) is 65.5 cm³/mol. The Kier molecular flexibility index (Phi) is 5.73. The van der Waals surface area contributed by atoms with Crippen LogP contribution in [-0.2, 0) is 0 Å². The fraction of sp³-hybridized carbons (Fsp3) is 1.00. The summed E-state index contributed by atoms with van der Waals surface area (Å²) in [6.45, 7) is 10.6. The van der Waals surface area contributed by atoms with Crippen molar-refractivity contribution in [2.24, 2.45) is 0 Å². The van der Waals surface area contributed by atoms with Gasteiger partial charge < -0.3 is 4.48 Å². The summed E-state index contributed by atoms with van der Waals surface area (Å²) in [5.74, 6) is 0. The average molecular weight is 200 g/mol. The number of quaternary nitrogens is 1. The Labute approximate surface area is 91.1 Å². The summed E-state index contributed by atoms with van der Waals surface area (Å²) in [6, 6.07) is 0. The second kappa shape index (κ2) is 5.75. The molecule has 0 aromatic rings. The van der Waals surface area contributed by atoms with Crippen LogP contribution in [0.1, 0.15) is 59.8 Å². The van der Waals surface area contributed by atoms with Crippen LogP contribution in [0.4, 0.5) is 0 Å². The van der Waals surface area contributed by atoms with Crippen LogP contribution >= 0.6 is 0 Å². The monoisotopic (exact) mass is 200 g/mol. The smallest absolute Gasteiger partial charge is 0.0903 e.